The Bertz CT molecular complexity index is 580. The smallest absolute Gasteiger partial charge is 0.329 e. The average molecular weight is 269 g/mol. The van der Waals surface area contributed by atoms with Gasteiger partial charge in [0.25, 0.3) is 0 Å². The zero-order chi connectivity index (χ0) is 13.1. The van der Waals surface area contributed by atoms with Crippen LogP contribution in [-0.2, 0) is 22.7 Å². The molecule has 5 nitrogen and oxygen atoms in total. The van der Waals surface area contributed by atoms with Crippen molar-refractivity contribution in [2.24, 2.45) is 0 Å². The van der Waals surface area contributed by atoms with E-state index in [1.54, 1.807) is 6.07 Å². The number of carbonyl (C=O) groups is 1. The molecular weight excluding hydrogens is 256 g/mol. The first-order valence-electron chi connectivity index (χ1n) is 5.56. The van der Waals surface area contributed by atoms with E-state index >= 15 is 0 Å². The van der Waals surface area contributed by atoms with Gasteiger partial charge in [0.1, 0.15) is 19.0 Å². The van der Waals surface area contributed by atoms with Crippen LogP contribution in [0.2, 0.25) is 5.02 Å². The normalized spacial score (nSPS) is 11.0. The minimum absolute atomic E-state index is 0.173. The van der Waals surface area contributed by atoms with E-state index in [-0.39, 0.29) is 13.2 Å². The second kappa shape index (κ2) is 5.37. The summed E-state index contributed by atoms with van der Waals surface area (Å²) in [6, 6.07) is 5.46. The first-order valence-corrected chi connectivity index (χ1v) is 5.93. The standard InChI is InChI=1S/C12H13ClN2O3/c1-2-15-10-5-8(13)3-4-9(10)14-11(15)6-18-7-12(16)17/h3-5H,2,6-7H2,1H3,(H,16,17). The van der Waals surface area contributed by atoms with Crippen molar-refractivity contribution in [1.29, 1.82) is 0 Å². The molecule has 0 aliphatic carbocycles. The van der Waals surface area contributed by atoms with Crippen LogP contribution in [0.3, 0.4) is 0 Å². The molecule has 1 aromatic carbocycles. The lowest BCUT2D eigenvalue weighted by atomic mass is 10.3. The van der Waals surface area contributed by atoms with Gasteiger partial charge in [-0.3, -0.25) is 0 Å². The fraction of sp³-hybridized carbons (Fsp3) is 0.333. The molecule has 0 saturated carbocycles. The molecule has 0 radical (unpaired) electrons. The lowest BCUT2D eigenvalue weighted by Crippen LogP contribution is -2.10. The molecule has 1 aromatic heterocycles. The minimum Gasteiger partial charge on any atom is -0.480 e. The van der Waals surface area contributed by atoms with Gasteiger partial charge in [-0.2, -0.15) is 0 Å². The first kappa shape index (κ1) is 12.9. The van der Waals surface area contributed by atoms with Gasteiger partial charge in [0.15, 0.2) is 0 Å². The fourth-order valence-electron chi connectivity index (χ4n) is 1.84. The number of aromatic nitrogens is 2. The van der Waals surface area contributed by atoms with E-state index in [0.29, 0.717) is 10.8 Å². The monoisotopic (exact) mass is 268 g/mol. The van der Waals surface area contributed by atoms with Crippen molar-refractivity contribution in [3.05, 3.63) is 29.0 Å². The van der Waals surface area contributed by atoms with E-state index < -0.39 is 5.97 Å². The topological polar surface area (TPSA) is 64.3 Å². The van der Waals surface area contributed by atoms with Gasteiger partial charge in [-0.15, -0.1) is 0 Å². The molecule has 0 saturated heterocycles. The van der Waals surface area contributed by atoms with Crippen molar-refractivity contribution < 1.29 is 14.6 Å². The minimum atomic E-state index is -0.989. The van der Waals surface area contributed by atoms with Gasteiger partial charge in [-0.1, -0.05) is 11.6 Å². The van der Waals surface area contributed by atoms with Crippen LogP contribution >= 0.6 is 11.6 Å². The molecule has 0 aliphatic heterocycles. The second-order valence-electron chi connectivity index (χ2n) is 3.79. The van der Waals surface area contributed by atoms with Gasteiger partial charge >= 0.3 is 5.97 Å². The number of carboxylic acids is 1. The van der Waals surface area contributed by atoms with Crippen molar-refractivity contribution in [3.8, 4) is 0 Å². The number of halogens is 1. The molecule has 0 spiro atoms. The molecule has 0 fully saturated rings. The fourth-order valence-corrected chi connectivity index (χ4v) is 2.00. The molecule has 0 amide bonds. The molecule has 0 atom stereocenters. The average Bonchev–Trinajstić information content (AvgIpc) is 2.65. The zero-order valence-electron chi connectivity index (χ0n) is 9.89. The van der Waals surface area contributed by atoms with Crippen LogP contribution in [0.1, 0.15) is 12.7 Å². The maximum absolute atomic E-state index is 10.4. The van der Waals surface area contributed by atoms with E-state index in [1.807, 2.05) is 23.6 Å². The SMILES string of the molecule is CCn1c(COCC(=O)O)nc2ccc(Cl)cc21. The number of hydrogen-bond donors (Lipinski definition) is 1. The molecule has 96 valence electrons. The Morgan fingerprint density at radius 2 is 2.33 bits per heavy atom. The number of imidazole rings is 1. The Labute approximate surface area is 109 Å². The summed E-state index contributed by atoms with van der Waals surface area (Å²) in [5.41, 5.74) is 1.76. The summed E-state index contributed by atoms with van der Waals surface area (Å²) >= 11 is 5.95. The number of nitrogens with zero attached hydrogens (tertiary/aromatic N) is 2. The number of aliphatic carboxylic acids is 1. The number of fused-ring (bicyclic) bond motifs is 1. The molecule has 2 aromatic rings. The van der Waals surface area contributed by atoms with Crippen LogP contribution in [0.25, 0.3) is 11.0 Å². The summed E-state index contributed by atoms with van der Waals surface area (Å²) in [6.45, 7) is 2.56. The first-order chi connectivity index (χ1) is 8.61. The van der Waals surface area contributed by atoms with Gasteiger partial charge in [0, 0.05) is 11.6 Å². The third kappa shape index (κ3) is 2.63. The maximum Gasteiger partial charge on any atom is 0.329 e. The third-order valence-corrected chi connectivity index (χ3v) is 2.80. The van der Waals surface area contributed by atoms with Crippen LogP contribution in [0.15, 0.2) is 18.2 Å². The number of carboxylic acid groups (broad SMARTS) is 1. The van der Waals surface area contributed by atoms with Gasteiger partial charge in [-0.25, -0.2) is 9.78 Å². The summed E-state index contributed by atoms with van der Waals surface area (Å²) < 4.78 is 7.03. The van der Waals surface area contributed by atoms with Crippen LogP contribution in [0.4, 0.5) is 0 Å². The lowest BCUT2D eigenvalue weighted by Gasteiger charge is -2.05. The molecule has 6 heteroatoms. The van der Waals surface area contributed by atoms with Crippen LogP contribution in [0.5, 0.6) is 0 Å². The van der Waals surface area contributed by atoms with Crippen LogP contribution in [-0.4, -0.2) is 27.2 Å². The Hall–Kier alpha value is -1.59. The van der Waals surface area contributed by atoms with Gasteiger partial charge < -0.3 is 14.4 Å². The van der Waals surface area contributed by atoms with Gasteiger partial charge in [0.2, 0.25) is 0 Å². The third-order valence-electron chi connectivity index (χ3n) is 2.56. The predicted molar refractivity (Wildman–Crippen MR) is 67.7 cm³/mol. The molecule has 2 rings (SSSR count). The number of aryl methyl sites for hydroxylation is 1. The highest BCUT2D eigenvalue weighted by Gasteiger charge is 2.10. The van der Waals surface area contributed by atoms with E-state index in [1.165, 1.54) is 0 Å². The number of benzene rings is 1. The summed E-state index contributed by atoms with van der Waals surface area (Å²) in [5.74, 6) is -0.284. The van der Waals surface area contributed by atoms with Gasteiger partial charge in [0.05, 0.1) is 11.0 Å². The summed E-state index contributed by atoms with van der Waals surface area (Å²) in [7, 11) is 0. The highest BCUT2D eigenvalue weighted by atomic mass is 35.5. The highest BCUT2D eigenvalue weighted by Crippen LogP contribution is 2.21. The van der Waals surface area contributed by atoms with E-state index in [4.69, 9.17) is 21.4 Å². The molecule has 1 N–H and O–H groups in total. The molecule has 18 heavy (non-hydrogen) atoms. The number of hydrogen-bond acceptors (Lipinski definition) is 3. The molecule has 1 heterocycles. The summed E-state index contributed by atoms with van der Waals surface area (Å²) in [5, 5.41) is 9.17. The van der Waals surface area contributed by atoms with E-state index in [9.17, 15) is 4.79 Å². The van der Waals surface area contributed by atoms with Crippen molar-refractivity contribution >= 4 is 28.6 Å². The summed E-state index contributed by atoms with van der Waals surface area (Å²) in [4.78, 5) is 14.8. The second-order valence-corrected chi connectivity index (χ2v) is 4.23. The van der Waals surface area contributed by atoms with Crippen LogP contribution < -0.4 is 0 Å². The van der Waals surface area contributed by atoms with Crippen molar-refractivity contribution in [3.63, 3.8) is 0 Å². The molecule has 0 unspecified atom stereocenters. The molecular formula is C12H13ClN2O3. The Balaban J connectivity index is 2.29. The van der Waals surface area contributed by atoms with E-state index in [2.05, 4.69) is 4.98 Å². The largest absolute Gasteiger partial charge is 0.480 e. The Morgan fingerprint density at radius 3 is 3.00 bits per heavy atom. The van der Waals surface area contributed by atoms with Crippen LogP contribution in [0, 0.1) is 0 Å². The number of ether oxygens (including phenoxy) is 1. The highest BCUT2D eigenvalue weighted by molar-refractivity contribution is 6.31. The van der Waals surface area contributed by atoms with Crippen molar-refractivity contribution in [2.45, 2.75) is 20.1 Å². The molecule has 0 aliphatic rings. The van der Waals surface area contributed by atoms with Crippen molar-refractivity contribution in [2.75, 3.05) is 6.61 Å². The van der Waals surface area contributed by atoms with Gasteiger partial charge in [-0.05, 0) is 25.1 Å². The number of rotatable bonds is 5. The lowest BCUT2D eigenvalue weighted by molar-refractivity contribution is -0.142. The quantitative estimate of drug-likeness (QED) is 0.904. The predicted octanol–water partition coefficient (Wildman–Crippen LogP) is 2.31. The Kier molecular flexibility index (Phi) is 3.84. The zero-order valence-corrected chi connectivity index (χ0v) is 10.6. The Morgan fingerprint density at radius 1 is 1.56 bits per heavy atom. The summed E-state index contributed by atoms with van der Waals surface area (Å²) in [6.07, 6.45) is 0. The van der Waals surface area contributed by atoms with E-state index in [0.717, 1.165) is 17.6 Å². The van der Waals surface area contributed by atoms with Crippen molar-refractivity contribution in [1.82, 2.24) is 9.55 Å². The molecule has 0 bridgehead atoms. The maximum atomic E-state index is 10.4.